The fraction of sp³-hybridized carbons (Fsp3) is 0.292. The first-order chi connectivity index (χ1) is 14.5. The molecule has 1 aromatic heterocycles. The van der Waals surface area contributed by atoms with E-state index in [1.165, 1.54) is 0 Å². The summed E-state index contributed by atoms with van der Waals surface area (Å²) in [5.41, 5.74) is 5.01. The minimum Gasteiger partial charge on any atom is -0.383 e. The van der Waals surface area contributed by atoms with E-state index in [1.807, 2.05) is 74.6 Å². The van der Waals surface area contributed by atoms with Crippen molar-refractivity contribution in [1.29, 1.82) is 0 Å². The minimum absolute atomic E-state index is 0.144. The number of methoxy groups -OCH3 is 1. The number of aryl methyl sites for hydroxylation is 2. The molecule has 0 atom stereocenters. The highest BCUT2D eigenvalue weighted by Gasteiger charge is 2.17. The molecule has 0 aliphatic heterocycles. The third kappa shape index (κ3) is 5.43. The average molecular weight is 426 g/mol. The first-order valence-corrected chi connectivity index (χ1v) is 10.4. The van der Waals surface area contributed by atoms with E-state index in [4.69, 9.17) is 16.3 Å². The number of urea groups is 1. The van der Waals surface area contributed by atoms with Crippen LogP contribution in [0.4, 0.5) is 10.5 Å². The second-order valence-corrected chi connectivity index (χ2v) is 7.74. The molecule has 0 radical (unpaired) electrons. The number of carbonyl (C=O) groups is 1. The third-order valence-corrected chi connectivity index (χ3v) is 5.51. The molecule has 0 saturated heterocycles. The van der Waals surface area contributed by atoms with Crippen LogP contribution < -0.4 is 5.32 Å². The zero-order chi connectivity index (χ0) is 21.5. The first kappa shape index (κ1) is 21.9. The number of halogens is 1. The second-order valence-electron chi connectivity index (χ2n) is 7.33. The Hall–Kier alpha value is -2.76. The number of rotatable bonds is 8. The zero-order valence-corrected chi connectivity index (χ0v) is 18.4. The Morgan fingerprint density at radius 1 is 1.07 bits per heavy atom. The van der Waals surface area contributed by atoms with Crippen LogP contribution in [0.2, 0.25) is 5.02 Å². The Bertz CT molecular complexity index is 979. The molecule has 5 nitrogen and oxygen atoms in total. The van der Waals surface area contributed by atoms with Gasteiger partial charge in [0, 0.05) is 42.8 Å². The summed E-state index contributed by atoms with van der Waals surface area (Å²) in [5, 5.41) is 3.82. The van der Waals surface area contributed by atoms with Gasteiger partial charge in [-0.05, 0) is 48.7 Å². The summed E-state index contributed by atoms with van der Waals surface area (Å²) < 4.78 is 7.35. The lowest BCUT2D eigenvalue weighted by molar-refractivity contribution is 0.152. The summed E-state index contributed by atoms with van der Waals surface area (Å²) in [6, 6.07) is 17.7. The maximum absolute atomic E-state index is 13.1. The number of ether oxygens (including phenoxy) is 1. The van der Waals surface area contributed by atoms with Gasteiger partial charge in [-0.3, -0.25) is 0 Å². The van der Waals surface area contributed by atoms with Crippen molar-refractivity contribution in [1.82, 2.24) is 9.47 Å². The van der Waals surface area contributed by atoms with E-state index in [1.54, 1.807) is 12.0 Å². The van der Waals surface area contributed by atoms with E-state index in [0.717, 1.165) is 33.1 Å². The van der Waals surface area contributed by atoms with Crippen molar-refractivity contribution in [3.8, 4) is 0 Å². The van der Waals surface area contributed by atoms with Crippen LogP contribution in [0.3, 0.4) is 0 Å². The molecule has 30 heavy (non-hydrogen) atoms. The van der Waals surface area contributed by atoms with E-state index >= 15 is 0 Å². The highest BCUT2D eigenvalue weighted by molar-refractivity contribution is 6.31. The molecular formula is C24H28ClN3O2. The summed E-state index contributed by atoms with van der Waals surface area (Å²) in [6.45, 7) is 6.07. The van der Waals surface area contributed by atoms with Crippen molar-refractivity contribution in [3.63, 3.8) is 0 Å². The van der Waals surface area contributed by atoms with Gasteiger partial charge in [0.2, 0.25) is 0 Å². The Morgan fingerprint density at radius 2 is 1.80 bits per heavy atom. The van der Waals surface area contributed by atoms with E-state index in [-0.39, 0.29) is 6.03 Å². The van der Waals surface area contributed by atoms with Gasteiger partial charge in [-0.2, -0.15) is 0 Å². The molecule has 158 valence electrons. The van der Waals surface area contributed by atoms with Crippen molar-refractivity contribution >= 4 is 23.3 Å². The Morgan fingerprint density at radius 3 is 2.50 bits per heavy atom. The Balaban J connectivity index is 1.78. The van der Waals surface area contributed by atoms with Crippen molar-refractivity contribution in [2.45, 2.75) is 26.9 Å². The molecule has 1 heterocycles. The number of hydrogen-bond donors (Lipinski definition) is 1. The van der Waals surface area contributed by atoms with Crippen LogP contribution in [0.15, 0.2) is 60.8 Å². The normalized spacial score (nSPS) is 10.8. The van der Waals surface area contributed by atoms with Crippen molar-refractivity contribution in [2.24, 2.45) is 0 Å². The Kier molecular flexibility index (Phi) is 7.55. The second kappa shape index (κ2) is 10.3. The summed E-state index contributed by atoms with van der Waals surface area (Å²) in [5.74, 6) is 0. The van der Waals surface area contributed by atoms with Crippen LogP contribution in [-0.4, -0.2) is 35.8 Å². The monoisotopic (exact) mass is 425 g/mol. The molecule has 0 aliphatic carbocycles. The van der Waals surface area contributed by atoms with Gasteiger partial charge < -0.3 is 19.5 Å². The number of amides is 2. The average Bonchev–Trinajstić information content (AvgIpc) is 3.16. The molecule has 2 amide bonds. The lowest BCUT2D eigenvalue weighted by Crippen LogP contribution is -2.37. The van der Waals surface area contributed by atoms with Crippen molar-refractivity contribution < 1.29 is 9.53 Å². The molecule has 0 aliphatic rings. The molecule has 6 heteroatoms. The van der Waals surface area contributed by atoms with Gasteiger partial charge in [-0.15, -0.1) is 0 Å². The zero-order valence-electron chi connectivity index (χ0n) is 17.7. The standard InChI is InChI=1S/C24H28ClN3O2/c1-18-8-6-9-19(2)23(18)26-24(29)28(14-15-30-3)17-21-11-7-13-27(21)16-20-10-4-5-12-22(20)25/h4-13H,14-17H2,1-3H3,(H,26,29). The molecule has 1 N–H and O–H groups in total. The maximum Gasteiger partial charge on any atom is 0.322 e. The fourth-order valence-corrected chi connectivity index (χ4v) is 3.60. The van der Waals surface area contributed by atoms with Crippen LogP contribution in [0, 0.1) is 13.8 Å². The van der Waals surface area contributed by atoms with Crippen LogP contribution in [0.5, 0.6) is 0 Å². The number of anilines is 1. The number of nitrogens with one attached hydrogen (secondary N) is 1. The highest BCUT2D eigenvalue weighted by atomic mass is 35.5. The summed E-state index contributed by atoms with van der Waals surface area (Å²) in [7, 11) is 1.64. The topological polar surface area (TPSA) is 46.5 Å². The molecule has 3 rings (SSSR count). The number of para-hydroxylation sites is 1. The van der Waals surface area contributed by atoms with Gasteiger partial charge in [0.15, 0.2) is 0 Å². The number of carbonyl (C=O) groups excluding carboxylic acids is 1. The lowest BCUT2D eigenvalue weighted by atomic mass is 10.1. The third-order valence-electron chi connectivity index (χ3n) is 5.14. The van der Waals surface area contributed by atoms with E-state index < -0.39 is 0 Å². The number of nitrogens with zero attached hydrogens (tertiary/aromatic N) is 2. The number of hydrogen-bond acceptors (Lipinski definition) is 2. The van der Waals surface area contributed by atoms with Gasteiger partial charge in [-0.25, -0.2) is 4.79 Å². The van der Waals surface area contributed by atoms with Gasteiger partial charge in [0.1, 0.15) is 0 Å². The smallest absolute Gasteiger partial charge is 0.322 e. The van der Waals surface area contributed by atoms with Gasteiger partial charge in [0.25, 0.3) is 0 Å². The van der Waals surface area contributed by atoms with Gasteiger partial charge in [-0.1, -0.05) is 48.0 Å². The minimum atomic E-state index is -0.144. The molecular weight excluding hydrogens is 398 g/mol. The quantitative estimate of drug-likeness (QED) is 0.518. The number of aromatic nitrogens is 1. The molecule has 3 aromatic rings. The summed E-state index contributed by atoms with van der Waals surface area (Å²) in [6.07, 6.45) is 2.01. The van der Waals surface area contributed by atoms with E-state index in [0.29, 0.717) is 26.2 Å². The molecule has 0 unspecified atom stereocenters. The Labute approximate surface area is 183 Å². The van der Waals surface area contributed by atoms with Crippen molar-refractivity contribution in [3.05, 3.63) is 88.2 Å². The molecule has 0 bridgehead atoms. The predicted octanol–water partition coefficient (Wildman–Crippen LogP) is 5.49. The predicted molar refractivity (Wildman–Crippen MR) is 122 cm³/mol. The molecule has 2 aromatic carbocycles. The van der Waals surface area contributed by atoms with E-state index in [9.17, 15) is 4.79 Å². The van der Waals surface area contributed by atoms with Crippen LogP contribution in [0.25, 0.3) is 0 Å². The van der Waals surface area contributed by atoms with E-state index in [2.05, 4.69) is 9.88 Å². The lowest BCUT2D eigenvalue weighted by Gasteiger charge is -2.25. The summed E-state index contributed by atoms with van der Waals surface area (Å²) in [4.78, 5) is 14.9. The molecule has 0 fully saturated rings. The van der Waals surface area contributed by atoms with Gasteiger partial charge >= 0.3 is 6.03 Å². The van der Waals surface area contributed by atoms with Crippen molar-refractivity contribution in [2.75, 3.05) is 25.6 Å². The molecule has 0 saturated carbocycles. The maximum atomic E-state index is 13.1. The fourth-order valence-electron chi connectivity index (χ4n) is 3.40. The van der Waals surface area contributed by atoms with Crippen LogP contribution in [0.1, 0.15) is 22.4 Å². The highest BCUT2D eigenvalue weighted by Crippen LogP contribution is 2.21. The summed E-state index contributed by atoms with van der Waals surface area (Å²) >= 11 is 6.33. The molecule has 0 spiro atoms. The van der Waals surface area contributed by atoms with Gasteiger partial charge in [0.05, 0.1) is 13.2 Å². The van der Waals surface area contributed by atoms with Crippen LogP contribution >= 0.6 is 11.6 Å². The largest absolute Gasteiger partial charge is 0.383 e. The SMILES string of the molecule is COCCN(Cc1cccn1Cc1ccccc1Cl)C(=O)Nc1c(C)cccc1C. The number of benzene rings is 2. The van der Waals surface area contributed by atoms with Crippen LogP contribution in [-0.2, 0) is 17.8 Å². The first-order valence-electron chi connectivity index (χ1n) is 9.98.